The van der Waals surface area contributed by atoms with Gasteiger partial charge in [0.25, 0.3) is 0 Å². The molecule has 0 spiro atoms. The minimum atomic E-state index is -1.34. The van der Waals surface area contributed by atoms with Gasteiger partial charge in [0.15, 0.2) is 0 Å². The van der Waals surface area contributed by atoms with Crippen LogP contribution in [0, 0.1) is 0 Å². The minimum absolute atomic E-state index is 0.207. The summed E-state index contributed by atoms with van der Waals surface area (Å²) in [7, 11) is 0. The van der Waals surface area contributed by atoms with E-state index in [0.29, 0.717) is 19.4 Å². The van der Waals surface area contributed by atoms with E-state index in [1.54, 1.807) is 0 Å². The molecular formula is C20H36N6O8. The Morgan fingerprint density at radius 2 is 1.29 bits per heavy atom. The van der Waals surface area contributed by atoms with Crippen LogP contribution in [0.3, 0.4) is 0 Å². The highest BCUT2D eigenvalue weighted by Crippen LogP contribution is 2.05. The molecule has 0 aliphatic carbocycles. The van der Waals surface area contributed by atoms with Gasteiger partial charge in [-0.15, -0.1) is 0 Å². The number of hydrogen-bond donors (Lipinski definition) is 8. The van der Waals surface area contributed by atoms with Crippen molar-refractivity contribution in [3.8, 4) is 0 Å². The van der Waals surface area contributed by atoms with E-state index in [0.717, 1.165) is 0 Å². The molecule has 0 bridgehead atoms. The second-order valence-corrected chi connectivity index (χ2v) is 7.93. The molecule has 0 aliphatic rings. The van der Waals surface area contributed by atoms with Gasteiger partial charge < -0.3 is 42.9 Å². The number of nitrogens with one attached hydrogen (secondary N) is 4. The van der Waals surface area contributed by atoms with Crippen molar-refractivity contribution in [2.45, 2.75) is 83.1 Å². The molecule has 0 saturated heterocycles. The second kappa shape index (κ2) is 15.6. The van der Waals surface area contributed by atoms with Crippen LogP contribution in [0.25, 0.3) is 0 Å². The van der Waals surface area contributed by atoms with Crippen LogP contribution < -0.4 is 32.7 Å². The smallest absolute Gasteiger partial charge is 0.326 e. The Balaban J connectivity index is 5.05. The van der Waals surface area contributed by atoms with Crippen LogP contribution in [0.2, 0.25) is 0 Å². The highest BCUT2D eigenvalue weighted by atomic mass is 16.4. The topological polar surface area (TPSA) is 243 Å². The van der Waals surface area contributed by atoms with Gasteiger partial charge in [-0.1, -0.05) is 0 Å². The Kier molecular flexibility index (Phi) is 14.1. The highest BCUT2D eigenvalue weighted by Gasteiger charge is 2.27. The fraction of sp³-hybridized carbons (Fsp3) is 0.700. The number of carbonyl (C=O) groups excluding carboxylic acids is 4. The lowest BCUT2D eigenvalue weighted by atomic mass is 10.1. The Morgan fingerprint density at radius 3 is 1.79 bits per heavy atom. The number of nitrogens with two attached hydrogens (primary N) is 2. The monoisotopic (exact) mass is 488 g/mol. The third-order valence-electron chi connectivity index (χ3n) is 4.77. The second-order valence-electron chi connectivity index (χ2n) is 7.93. The van der Waals surface area contributed by atoms with Gasteiger partial charge in [0, 0.05) is 6.42 Å². The van der Waals surface area contributed by atoms with Crippen LogP contribution >= 0.6 is 0 Å². The fourth-order valence-electron chi connectivity index (χ4n) is 2.64. The number of carbonyl (C=O) groups is 6. The molecule has 4 amide bonds. The predicted octanol–water partition coefficient (Wildman–Crippen LogP) is -2.61. The molecule has 0 unspecified atom stereocenters. The Labute approximate surface area is 197 Å². The van der Waals surface area contributed by atoms with Crippen molar-refractivity contribution in [3.05, 3.63) is 0 Å². The highest BCUT2D eigenvalue weighted by molar-refractivity contribution is 5.93. The molecule has 0 radical (unpaired) electrons. The van der Waals surface area contributed by atoms with E-state index in [9.17, 15) is 33.9 Å². The quantitative estimate of drug-likeness (QED) is 0.105. The molecule has 10 N–H and O–H groups in total. The molecule has 194 valence electrons. The molecule has 0 fully saturated rings. The third kappa shape index (κ3) is 12.1. The molecule has 34 heavy (non-hydrogen) atoms. The Morgan fingerprint density at radius 1 is 0.706 bits per heavy atom. The van der Waals surface area contributed by atoms with E-state index < -0.39 is 65.8 Å². The van der Waals surface area contributed by atoms with Crippen LogP contribution in [0.1, 0.15) is 52.9 Å². The van der Waals surface area contributed by atoms with Crippen molar-refractivity contribution in [3.63, 3.8) is 0 Å². The van der Waals surface area contributed by atoms with Crippen LogP contribution in [0.15, 0.2) is 0 Å². The van der Waals surface area contributed by atoms with Crippen LogP contribution in [0.5, 0.6) is 0 Å². The van der Waals surface area contributed by atoms with Crippen LogP contribution in [0.4, 0.5) is 0 Å². The summed E-state index contributed by atoms with van der Waals surface area (Å²) in [6.45, 7) is 4.38. The number of carboxylic acid groups (broad SMARTS) is 2. The normalized spacial score (nSPS) is 15.1. The number of unbranched alkanes of at least 4 members (excludes halogenated alkanes) is 1. The lowest BCUT2D eigenvalue weighted by Gasteiger charge is -2.22. The first-order valence-electron chi connectivity index (χ1n) is 10.9. The average molecular weight is 489 g/mol. The van der Waals surface area contributed by atoms with Gasteiger partial charge >= 0.3 is 11.9 Å². The van der Waals surface area contributed by atoms with Gasteiger partial charge in [0.05, 0.1) is 6.04 Å². The molecule has 0 heterocycles. The molecule has 0 aromatic rings. The van der Waals surface area contributed by atoms with Crippen molar-refractivity contribution in [1.82, 2.24) is 21.3 Å². The predicted molar refractivity (Wildman–Crippen MR) is 120 cm³/mol. The van der Waals surface area contributed by atoms with Crippen LogP contribution in [-0.2, 0) is 28.8 Å². The number of amides is 4. The Bertz CT molecular complexity index is 745. The van der Waals surface area contributed by atoms with Crippen molar-refractivity contribution in [2.24, 2.45) is 11.5 Å². The maximum Gasteiger partial charge on any atom is 0.326 e. The van der Waals surface area contributed by atoms with Crippen molar-refractivity contribution >= 4 is 35.6 Å². The van der Waals surface area contributed by atoms with E-state index in [4.69, 9.17) is 16.6 Å². The average Bonchev–Trinajstić information content (AvgIpc) is 2.74. The SMILES string of the molecule is C[C@H](N)C(=O)N[C@H](CCC(=O)N[C@H](CCCCN)C(=O)N[C@H](C)C(=O)N[C@@H](C)C(=O)O)C(=O)O. The molecule has 0 aliphatic heterocycles. The van der Waals surface area contributed by atoms with Gasteiger partial charge in [0.2, 0.25) is 23.6 Å². The van der Waals surface area contributed by atoms with E-state index >= 15 is 0 Å². The summed E-state index contributed by atoms with van der Waals surface area (Å²) < 4.78 is 0. The van der Waals surface area contributed by atoms with Crippen molar-refractivity contribution in [2.75, 3.05) is 6.54 Å². The molecule has 14 heteroatoms. The van der Waals surface area contributed by atoms with Gasteiger partial charge in [-0.2, -0.15) is 0 Å². The molecule has 0 rings (SSSR count). The van der Waals surface area contributed by atoms with Crippen molar-refractivity contribution in [1.29, 1.82) is 0 Å². The number of carboxylic acids is 2. The first-order chi connectivity index (χ1) is 15.8. The van der Waals surface area contributed by atoms with Crippen LogP contribution in [-0.4, -0.2) is 82.5 Å². The Hall–Kier alpha value is -3.26. The zero-order valence-corrected chi connectivity index (χ0v) is 19.6. The summed E-state index contributed by atoms with van der Waals surface area (Å²) in [6, 6.07) is -5.53. The van der Waals surface area contributed by atoms with E-state index in [-0.39, 0.29) is 19.3 Å². The number of hydrogen-bond acceptors (Lipinski definition) is 8. The van der Waals surface area contributed by atoms with Crippen molar-refractivity contribution < 1.29 is 39.0 Å². The van der Waals surface area contributed by atoms with Gasteiger partial charge in [-0.25, -0.2) is 4.79 Å². The standard InChI is InChI=1S/C20H36N6O8/c1-10(22)16(28)26-14(20(33)34)7-8-15(27)25-13(6-4-5-9-21)18(30)23-11(2)17(29)24-12(3)19(31)32/h10-14H,4-9,21-22H2,1-3H3,(H,23,30)(H,24,29)(H,25,27)(H,26,28)(H,31,32)(H,33,34)/t10-,11+,12-,13+,14+/m0/s1. The molecule has 5 atom stereocenters. The minimum Gasteiger partial charge on any atom is -0.480 e. The molecule has 0 saturated carbocycles. The molecule has 0 aromatic heterocycles. The summed E-state index contributed by atoms with van der Waals surface area (Å²) >= 11 is 0. The van der Waals surface area contributed by atoms with E-state index in [2.05, 4.69) is 21.3 Å². The molecular weight excluding hydrogens is 452 g/mol. The van der Waals surface area contributed by atoms with Gasteiger partial charge in [-0.05, 0) is 53.0 Å². The van der Waals surface area contributed by atoms with Gasteiger partial charge in [-0.3, -0.25) is 24.0 Å². The fourth-order valence-corrected chi connectivity index (χ4v) is 2.64. The zero-order valence-electron chi connectivity index (χ0n) is 19.6. The molecule has 0 aromatic carbocycles. The van der Waals surface area contributed by atoms with E-state index in [1.807, 2.05) is 0 Å². The van der Waals surface area contributed by atoms with E-state index in [1.165, 1.54) is 20.8 Å². The zero-order chi connectivity index (χ0) is 26.4. The lowest BCUT2D eigenvalue weighted by Crippen LogP contribution is -2.54. The third-order valence-corrected chi connectivity index (χ3v) is 4.77. The summed E-state index contributed by atoms with van der Waals surface area (Å²) in [6.07, 6.45) is 0.744. The van der Waals surface area contributed by atoms with Gasteiger partial charge in [0.1, 0.15) is 24.2 Å². The number of aliphatic carboxylic acids is 2. The first kappa shape index (κ1) is 30.7. The molecule has 14 nitrogen and oxygen atoms in total. The first-order valence-corrected chi connectivity index (χ1v) is 10.9. The largest absolute Gasteiger partial charge is 0.480 e. The summed E-state index contributed by atoms with van der Waals surface area (Å²) in [5.74, 6) is -5.28. The lowest BCUT2D eigenvalue weighted by molar-refractivity contribution is -0.142. The maximum absolute atomic E-state index is 12.7. The summed E-state index contributed by atoms with van der Waals surface area (Å²) in [5, 5.41) is 27.5. The summed E-state index contributed by atoms with van der Waals surface area (Å²) in [5.41, 5.74) is 10.9. The summed E-state index contributed by atoms with van der Waals surface area (Å²) in [4.78, 5) is 71.0. The maximum atomic E-state index is 12.7. The number of rotatable bonds is 16.